The SMILES string of the molecule is Cc1cn(N=Cc2c(Cl)ccc(Br)c2O)c(N)n1. The number of nitrogens with zero attached hydrogens (tertiary/aromatic N) is 3. The van der Waals surface area contributed by atoms with E-state index in [-0.39, 0.29) is 11.7 Å². The van der Waals surface area contributed by atoms with Crippen LogP contribution in [-0.2, 0) is 0 Å². The number of anilines is 1. The summed E-state index contributed by atoms with van der Waals surface area (Å²) in [6.45, 7) is 1.81. The summed E-state index contributed by atoms with van der Waals surface area (Å²) in [5.74, 6) is 0.302. The number of benzene rings is 1. The number of phenols is 1. The van der Waals surface area contributed by atoms with E-state index in [9.17, 15) is 5.11 Å². The summed E-state index contributed by atoms with van der Waals surface area (Å²) < 4.78 is 1.95. The van der Waals surface area contributed by atoms with Crippen LogP contribution in [0.3, 0.4) is 0 Å². The Morgan fingerprint density at radius 3 is 2.89 bits per heavy atom. The molecule has 5 nitrogen and oxygen atoms in total. The zero-order chi connectivity index (χ0) is 13.3. The van der Waals surface area contributed by atoms with Crippen molar-refractivity contribution in [1.29, 1.82) is 0 Å². The fourth-order valence-electron chi connectivity index (χ4n) is 1.40. The Balaban J connectivity index is 2.40. The molecule has 0 saturated heterocycles. The highest BCUT2D eigenvalue weighted by atomic mass is 79.9. The summed E-state index contributed by atoms with van der Waals surface area (Å²) in [5.41, 5.74) is 6.82. The van der Waals surface area contributed by atoms with Gasteiger partial charge in [-0.15, -0.1) is 0 Å². The Hall–Kier alpha value is -1.53. The van der Waals surface area contributed by atoms with Crippen LogP contribution in [0.5, 0.6) is 5.75 Å². The summed E-state index contributed by atoms with van der Waals surface area (Å²) >= 11 is 9.20. The lowest BCUT2D eigenvalue weighted by Gasteiger charge is -2.03. The van der Waals surface area contributed by atoms with Gasteiger partial charge in [0.05, 0.1) is 33.2 Å². The van der Waals surface area contributed by atoms with Crippen molar-refractivity contribution in [3.05, 3.63) is 39.1 Å². The number of aryl methyl sites for hydroxylation is 1. The van der Waals surface area contributed by atoms with Crippen molar-refractivity contribution in [3.63, 3.8) is 0 Å². The van der Waals surface area contributed by atoms with Gasteiger partial charge >= 0.3 is 0 Å². The summed E-state index contributed by atoms with van der Waals surface area (Å²) in [6.07, 6.45) is 3.11. The van der Waals surface area contributed by atoms with Crippen LogP contribution >= 0.6 is 27.5 Å². The van der Waals surface area contributed by atoms with E-state index in [2.05, 4.69) is 26.0 Å². The molecule has 0 aliphatic heterocycles. The highest BCUT2D eigenvalue weighted by molar-refractivity contribution is 9.10. The van der Waals surface area contributed by atoms with Crippen molar-refractivity contribution in [1.82, 2.24) is 9.66 Å². The quantitative estimate of drug-likeness (QED) is 0.832. The fourth-order valence-corrected chi connectivity index (χ4v) is 1.94. The van der Waals surface area contributed by atoms with Crippen molar-refractivity contribution in [3.8, 4) is 5.75 Å². The number of aromatic hydroxyl groups is 1. The number of hydrogen-bond donors (Lipinski definition) is 2. The second kappa shape index (κ2) is 4.99. The van der Waals surface area contributed by atoms with Gasteiger partial charge in [-0.1, -0.05) is 11.6 Å². The summed E-state index contributed by atoms with van der Waals surface area (Å²) in [4.78, 5) is 4.01. The van der Waals surface area contributed by atoms with Gasteiger partial charge in [-0.25, -0.2) is 9.66 Å². The van der Waals surface area contributed by atoms with Crippen LogP contribution in [-0.4, -0.2) is 21.0 Å². The number of aromatic nitrogens is 2. The Bertz CT molecular complexity index is 624. The minimum atomic E-state index is 0.0293. The van der Waals surface area contributed by atoms with E-state index in [0.717, 1.165) is 5.69 Å². The third-order valence-electron chi connectivity index (χ3n) is 2.26. The first-order valence-corrected chi connectivity index (χ1v) is 6.19. The predicted molar refractivity (Wildman–Crippen MR) is 75.2 cm³/mol. The number of rotatable bonds is 2. The molecule has 0 atom stereocenters. The van der Waals surface area contributed by atoms with E-state index in [0.29, 0.717) is 15.1 Å². The van der Waals surface area contributed by atoms with Crippen LogP contribution in [0.25, 0.3) is 0 Å². The molecule has 0 radical (unpaired) electrons. The van der Waals surface area contributed by atoms with E-state index < -0.39 is 0 Å². The van der Waals surface area contributed by atoms with Gasteiger partial charge in [0, 0.05) is 0 Å². The molecule has 0 saturated carbocycles. The molecule has 7 heteroatoms. The third-order valence-corrected chi connectivity index (χ3v) is 3.23. The Kier molecular flexibility index (Phi) is 3.58. The molecule has 94 valence electrons. The topological polar surface area (TPSA) is 76.4 Å². The monoisotopic (exact) mass is 328 g/mol. The van der Waals surface area contributed by atoms with Crippen LogP contribution in [0.1, 0.15) is 11.3 Å². The molecule has 1 aromatic carbocycles. The van der Waals surface area contributed by atoms with Crippen molar-refractivity contribution >= 4 is 39.7 Å². The lowest BCUT2D eigenvalue weighted by Crippen LogP contribution is -1.97. The predicted octanol–water partition coefficient (Wildman–Crippen LogP) is 2.78. The molecule has 1 aromatic heterocycles. The zero-order valence-corrected chi connectivity index (χ0v) is 11.8. The van der Waals surface area contributed by atoms with E-state index in [4.69, 9.17) is 17.3 Å². The van der Waals surface area contributed by atoms with Gasteiger partial charge in [0.2, 0.25) is 5.95 Å². The van der Waals surface area contributed by atoms with Crippen molar-refractivity contribution < 1.29 is 5.11 Å². The largest absolute Gasteiger partial charge is 0.506 e. The lowest BCUT2D eigenvalue weighted by atomic mass is 10.2. The van der Waals surface area contributed by atoms with Crippen LogP contribution in [0.2, 0.25) is 5.02 Å². The first-order valence-electron chi connectivity index (χ1n) is 5.02. The average Bonchev–Trinajstić information content (AvgIpc) is 2.63. The van der Waals surface area contributed by atoms with Gasteiger partial charge in [0.1, 0.15) is 5.75 Å². The zero-order valence-electron chi connectivity index (χ0n) is 9.43. The van der Waals surface area contributed by atoms with Crippen LogP contribution in [0.4, 0.5) is 5.95 Å². The first kappa shape index (κ1) is 12.9. The maximum absolute atomic E-state index is 9.85. The Morgan fingerprint density at radius 2 is 2.28 bits per heavy atom. The molecule has 1 heterocycles. The van der Waals surface area contributed by atoms with Crippen molar-refractivity contribution in [2.45, 2.75) is 6.92 Å². The minimum absolute atomic E-state index is 0.0293. The number of nitrogen functional groups attached to an aromatic ring is 1. The van der Waals surface area contributed by atoms with E-state index >= 15 is 0 Å². The molecule has 2 rings (SSSR count). The maximum atomic E-state index is 9.85. The number of halogens is 2. The minimum Gasteiger partial charge on any atom is -0.506 e. The number of phenolic OH excluding ortho intramolecular Hbond substituents is 1. The molecule has 0 aliphatic rings. The molecule has 3 N–H and O–H groups in total. The summed E-state index contributed by atoms with van der Waals surface area (Å²) in [6, 6.07) is 3.32. The molecule has 0 aliphatic carbocycles. The smallest absolute Gasteiger partial charge is 0.221 e. The highest BCUT2D eigenvalue weighted by Crippen LogP contribution is 2.31. The van der Waals surface area contributed by atoms with Crippen LogP contribution < -0.4 is 5.73 Å². The number of imidazole rings is 1. The standard InChI is InChI=1S/C11H10BrClN4O/c1-6-5-17(11(14)16-6)15-4-7-9(13)3-2-8(12)10(7)18/h2-5,18H,1H3,(H2,14,16). The highest BCUT2D eigenvalue weighted by Gasteiger charge is 2.08. The molecule has 0 spiro atoms. The number of hydrogen-bond acceptors (Lipinski definition) is 4. The summed E-state index contributed by atoms with van der Waals surface area (Å²) in [7, 11) is 0. The first-order chi connectivity index (χ1) is 8.49. The Morgan fingerprint density at radius 1 is 1.56 bits per heavy atom. The molecular formula is C11H10BrClN4O. The van der Waals surface area contributed by atoms with Gasteiger partial charge in [-0.2, -0.15) is 5.10 Å². The van der Waals surface area contributed by atoms with Crippen molar-refractivity contribution in [2.75, 3.05) is 5.73 Å². The second-order valence-electron chi connectivity index (χ2n) is 3.62. The third kappa shape index (κ3) is 2.49. The molecular weight excluding hydrogens is 320 g/mol. The van der Waals surface area contributed by atoms with Gasteiger partial charge in [0.15, 0.2) is 0 Å². The lowest BCUT2D eigenvalue weighted by molar-refractivity contribution is 0.471. The van der Waals surface area contributed by atoms with E-state index in [1.807, 2.05) is 6.92 Å². The normalized spacial score (nSPS) is 11.3. The van der Waals surface area contributed by atoms with Gasteiger partial charge in [0.25, 0.3) is 0 Å². The van der Waals surface area contributed by atoms with E-state index in [1.54, 1.807) is 18.3 Å². The average molecular weight is 330 g/mol. The molecule has 0 bridgehead atoms. The van der Waals surface area contributed by atoms with E-state index in [1.165, 1.54) is 10.9 Å². The second-order valence-corrected chi connectivity index (χ2v) is 4.88. The molecule has 0 unspecified atom stereocenters. The Labute approximate surface area is 117 Å². The van der Waals surface area contributed by atoms with Crippen LogP contribution in [0.15, 0.2) is 27.9 Å². The van der Waals surface area contributed by atoms with Crippen molar-refractivity contribution in [2.24, 2.45) is 5.10 Å². The van der Waals surface area contributed by atoms with Crippen LogP contribution in [0, 0.1) is 6.92 Å². The fraction of sp³-hybridized carbons (Fsp3) is 0.0909. The van der Waals surface area contributed by atoms with Gasteiger partial charge in [-0.3, -0.25) is 0 Å². The molecule has 2 aromatic rings. The molecule has 0 amide bonds. The summed E-state index contributed by atoms with van der Waals surface area (Å²) in [5, 5.41) is 14.3. The maximum Gasteiger partial charge on any atom is 0.221 e. The van der Waals surface area contributed by atoms with Gasteiger partial charge in [-0.05, 0) is 35.0 Å². The molecule has 0 fully saturated rings. The van der Waals surface area contributed by atoms with Gasteiger partial charge < -0.3 is 10.8 Å². The molecule has 18 heavy (non-hydrogen) atoms. The number of nitrogens with two attached hydrogens (primary N) is 1.